The van der Waals surface area contributed by atoms with Crippen molar-refractivity contribution in [3.63, 3.8) is 0 Å². The number of benzene rings is 1. The van der Waals surface area contributed by atoms with Gasteiger partial charge in [-0.05, 0) is 49.1 Å². The van der Waals surface area contributed by atoms with E-state index in [1.165, 1.54) is 19.1 Å². The highest BCUT2D eigenvalue weighted by Gasteiger charge is 2.51. The van der Waals surface area contributed by atoms with Crippen molar-refractivity contribution in [3.8, 4) is 5.75 Å². The number of piperazine rings is 1. The van der Waals surface area contributed by atoms with Crippen LogP contribution in [-0.2, 0) is 11.0 Å². The fraction of sp³-hybridized carbons (Fsp3) is 0.409. The number of carbonyl (C=O) groups excluding carboxylic acids is 2. The number of carbonyl (C=O) groups is 2. The molecule has 2 aromatic rings. The Labute approximate surface area is 197 Å². The van der Waals surface area contributed by atoms with Crippen molar-refractivity contribution < 1.29 is 31.9 Å². The van der Waals surface area contributed by atoms with Crippen LogP contribution in [0.3, 0.4) is 0 Å². The smallest absolute Gasteiger partial charge is 0.434 e. The number of hydrogen-bond donors (Lipinski definition) is 2. The standard InChI is InChI=1S/C22H21ClF4N4O3/c1-21(19(32)29-6-7-31(21)20(28)33)17(12-8-14(23)18(30-10-12)22(25,26)27)11-2-5-16(15(24)9-11)34-13-3-4-13/h2,5,8-10,13,17H,3-4,6-7H2,1H3,(H2,28,33)(H,29,32)/t17-,21?/m1/s1. The number of amides is 3. The molecule has 0 bridgehead atoms. The number of hydrogen-bond acceptors (Lipinski definition) is 4. The Morgan fingerprint density at radius 3 is 2.59 bits per heavy atom. The quantitative estimate of drug-likeness (QED) is 0.610. The molecule has 1 saturated carbocycles. The zero-order valence-corrected chi connectivity index (χ0v) is 18.7. The molecule has 4 rings (SSSR count). The molecule has 182 valence electrons. The Morgan fingerprint density at radius 1 is 1.32 bits per heavy atom. The third kappa shape index (κ3) is 4.36. The van der Waals surface area contributed by atoms with Crippen LogP contribution in [0.15, 0.2) is 30.5 Å². The molecule has 2 atom stereocenters. The van der Waals surface area contributed by atoms with Crippen LogP contribution in [0.1, 0.15) is 42.5 Å². The van der Waals surface area contributed by atoms with Crippen LogP contribution >= 0.6 is 11.6 Å². The van der Waals surface area contributed by atoms with Crippen molar-refractivity contribution >= 4 is 23.5 Å². The number of nitrogens with zero attached hydrogens (tertiary/aromatic N) is 2. The molecule has 2 fully saturated rings. The second-order valence-electron chi connectivity index (χ2n) is 8.43. The number of alkyl halides is 3. The normalized spacial score (nSPS) is 21.7. The lowest BCUT2D eigenvalue weighted by Gasteiger charge is -2.47. The van der Waals surface area contributed by atoms with Crippen LogP contribution < -0.4 is 15.8 Å². The van der Waals surface area contributed by atoms with Gasteiger partial charge < -0.3 is 20.7 Å². The Bertz CT molecular complexity index is 1140. The number of rotatable bonds is 5. The third-order valence-corrected chi connectivity index (χ3v) is 6.33. The van der Waals surface area contributed by atoms with Crippen LogP contribution in [0, 0.1) is 5.82 Å². The molecule has 2 aliphatic rings. The summed E-state index contributed by atoms with van der Waals surface area (Å²) in [5.74, 6) is -2.47. The summed E-state index contributed by atoms with van der Waals surface area (Å²) < 4.78 is 60.1. The minimum absolute atomic E-state index is 0.0126. The first-order chi connectivity index (χ1) is 15.9. The zero-order chi connectivity index (χ0) is 24.8. The van der Waals surface area contributed by atoms with Gasteiger partial charge >= 0.3 is 12.2 Å². The molecule has 1 aromatic carbocycles. The van der Waals surface area contributed by atoms with E-state index >= 15 is 0 Å². The molecular weight excluding hydrogens is 480 g/mol. The van der Waals surface area contributed by atoms with E-state index in [9.17, 15) is 27.2 Å². The van der Waals surface area contributed by atoms with Crippen LogP contribution in [0.25, 0.3) is 0 Å². The van der Waals surface area contributed by atoms with E-state index in [1.807, 2.05) is 0 Å². The van der Waals surface area contributed by atoms with E-state index in [4.69, 9.17) is 22.1 Å². The summed E-state index contributed by atoms with van der Waals surface area (Å²) in [4.78, 5) is 30.0. The fourth-order valence-corrected chi connectivity index (χ4v) is 4.54. The number of halogens is 5. The summed E-state index contributed by atoms with van der Waals surface area (Å²) in [5.41, 5.74) is 2.79. The minimum Gasteiger partial charge on any atom is -0.487 e. The zero-order valence-electron chi connectivity index (χ0n) is 18.0. The van der Waals surface area contributed by atoms with Crippen molar-refractivity contribution in [1.82, 2.24) is 15.2 Å². The molecule has 1 saturated heterocycles. The van der Waals surface area contributed by atoms with Gasteiger partial charge in [0.2, 0.25) is 5.91 Å². The topological polar surface area (TPSA) is 97.6 Å². The molecule has 1 unspecified atom stereocenters. The number of ether oxygens (including phenoxy) is 1. The second kappa shape index (κ2) is 8.61. The van der Waals surface area contributed by atoms with Gasteiger partial charge in [0.25, 0.3) is 0 Å². The van der Waals surface area contributed by atoms with Crippen LogP contribution in [0.2, 0.25) is 5.02 Å². The van der Waals surface area contributed by atoms with E-state index in [1.54, 1.807) is 0 Å². The van der Waals surface area contributed by atoms with E-state index in [0.717, 1.165) is 36.1 Å². The average molecular weight is 501 g/mol. The summed E-state index contributed by atoms with van der Waals surface area (Å²) in [5, 5.41) is 1.95. The lowest BCUT2D eigenvalue weighted by atomic mass is 9.73. The van der Waals surface area contributed by atoms with Crippen molar-refractivity contribution in [2.75, 3.05) is 13.1 Å². The first kappa shape index (κ1) is 24.1. The number of pyridine rings is 1. The van der Waals surface area contributed by atoms with Crippen LogP contribution in [-0.4, -0.2) is 46.6 Å². The summed E-state index contributed by atoms with van der Waals surface area (Å²) in [6, 6.07) is 4.10. The number of urea groups is 1. The molecule has 0 radical (unpaired) electrons. The van der Waals surface area contributed by atoms with E-state index < -0.39 is 46.1 Å². The lowest BCUT2D eigenvalue weighted by molar-refractivity contribution is -0.141. The minimum atomic E-state index is -4.80. The largest absolute Gasteiger partial charge is 0.487 e. The highest BCUT2D eigenvalue weighted by atomic mass is 35.5. The maximum absolute atomic E-state index is 14.9. The van der Waals surface area contributed by atoms with Crippen LogP contribution in [0.4, 0.5) is 22.4 Å². The third-order valence-electron chi connectivity index (χ3n) is 6.04. The number of nitrogens with two attached hydrogens (primary N) is 1. The predicted octanol–water partition coefficient (Wildman–Crippen LogP) is 3.84. The van der Waals surface area contributed by atoms with Gasteiger partial charge in [0.15, 0.2) is 17.3 Å². The number of nitrogens with one attached hydrogen (secondary N) is 1. The van der Waals surface area contributed by atoms with Crippen molar-refractivity contribution in [2.24, 2.45) is 5.73 Å². The highest BCUT2D eigenvalue weighted by Crippen LogP contribution is 2.43. The fourth-order valence-electron chi connectivity index (χ4n) is 4.26. The van der Waals surface area contributed by atoms with E-state index in [-0.39, 0.29) is 36.1 Å². The molecule has 1 aliphatic heterocycles. The monoisotopic (exact) mass is 500 g/mol. The molecule has 2 heterocycles. The van der Waals surface area contributed by atoms with Gasteiger partial charge in [-0.1, -0.05) is 17.7 Å². The molecule has 1 aromatic heterocycles. The van der Waals surface area contributed by atoms with Gasteiger partial charge in [0.1, 0.15) is 5.54 Å². The number of primary amides is 1. The van der Waals surface area contributed by atoms with Crippen molar-refractivity contribution in [1.29, 1.82) is 0 Å². The molecule has 3 N–H and O–H groups in total. The molecule has 0 spiro atoms. The second-order valence-corrected chi connectivity index (χ2v) is 8.84. The van der Waals surface area contributed by atoms with Gasteiger partial charge in [-0.25, -0.2) is 9.18 Å². The van der Waals surface area contributed by atoms with Crippen molar-refractivity contribution in [3.05, 3.63) is 58.1 Å². The summed E-state index contributed by atoms with van der Waals surface area (Å²) in [7, 11) is 0. The molecule has 1 aliphatic carbocycles. The summed E-state index contributed by atoms with van der Waals surface area (Å²) >= 11 is 5.90. The molecular formula is C22H21ClF4N4O3. The average Bonchev–Trinajstić information content (AvgIpc) is 3.55. The Hall–Kier alpha value is -3.08. The molecule has 7 nitrogen and oxygen atoms in total. The van der Waals surface area contributed by atoms with Gasteiger partial charge in [-0.2, -0.15) is 13.2 Å². The predicted molar refractivity (Wildman–Crippen MR) is 114 cm³/mol. The van der Waals surface area contributed by atoms with Crippen LogP contribution in [0.5, 0.6) is 5.75 Å². The van der Waals surface area contributed by atoms with E-state index in [0.29, 0.717) is 0 Å². The van der Waals surface area contributed by atoms with Crippen molar-refractivity contribution in [2.45, 2.75) is 43.5 Å². The van der Waals surface area contributed by atoms with Gasteiger partial charge in [-0.15, -0.1) is 0 Å². The Morgan fingerprint density at radius 2 is 2.03 bits per heavy atom. The maximum atomic E-state index is 14.9. The molecule has 34 heavy (non-hydrogen) atoms. The summed E-state index contributed by atoms with van der Waals surface area (Å²) in [6.45, 7) is 1.58. The molecule has 3 amide bonds. The van der Waals surface area contributed by atoms with Gasteiger partial charge in [0, 0.05) is 25.2 Å². The number of aromatic nitrogens is 1. The SMILES string of the molecule is CC1([C@H](c2ccc(OC3CC3)c(F)c2)c2cnc(C(F)(F)F)c(Cl)c2)C(=O)NCCN1C(N)=O. The van der Waals surface area contributed by atoms with Gasteiger partial charge in [-0.3, -0.25) is 9.78 Å². The van der Waals surface area contributed by atoms with Gasteiger partial charge in [0.05, 0.1) is 11.1 Å². The molecule has 12 heteroatoms. The Kier molecular flexibility index (Phi) is 6.09. The maximum Gasteiger partial charge on any atom is 0.434 e. The summed E-state index contributed by atoms with van der Waals surface area (Å²) in [6.07, 6.45) is -2.33. The lowest BCUT2D eigenvalue weighted by Crippen LogP contribution is -2.68. The Balaban J connectivity index is 1.88. The van der Waals surface area contributed by atoms with E-state index in [2.05, 4.69) is 10.3 Å². The highest BCUT2D eigenvalue weighted by molar-refractivity contribution is 6.31. The first-order valence-electron chi connectivity index (χ1n) is 10.5. The first-order valence-corrected chi connectivity index (χ1v) is 10.8.